The van der Waals surface area contributed by atoms with Gasteiger partial charge >= 0.3 is 0 Å². The van der Waals surface area contributed by atoms with E-state index < -0.39 is 16.1 Å². The maximum atomic E-state index is 14.1. The summed E-state index contributed by atoms with van der Waals surface area (Å²) >= 11 is 0. The smallest absolute Gasteiger partial charge is 0.243 e. The highest BCUT2D eigenvalue weighted by Crippen LogP contribution is 2.23. The largest absolute Gasteiger partial charge is 0.352 e. The van der Waals surface area contributed by atoms with Gasteiger partial charge in [-0.2, -0.15) is 0 Å². The second-order valence-electron chi connectivity index (χ2n) is 11.8. The highest BCUT2D eigenvalue weighted by molar-refractivity contribution is 7.92. The molecule has 0 bridgehead atoms. The molecule has 4 rings (SSSR count). The van der Waals surface area contributed by atoms with E-state index in [4.69, 9.17) is 0 Å². The van der Waals surface area contributed by atoms with Crippen molar-refractivity contribution in [1.82, 2.24) is 10.2 Å². The third kappa shape index (κ3) is 9.42. The topological polar surface area (TPSA) is 86.8 Å². The molecule has 0 saturated heterocycles. The summed E-state index contributed by atoms with van der Waals surface area (Å²) < 4.78 is 26.7. The molecule has 1 aliphatic rings. The summed E-state index contributed by atoms with van der Waals surface area (Å²) in [4.78, 5) is 29.8. The molecule has 0 aromatic heterocycles. The number of carbonyl (C=O) groups excluding carboxylic acids is 2. The van der Waals surface area contributed by atoms with Gasteiger partial charge < -0.3 is 10.2 Å². The maximum absolute atomic E-state index is 14.1. The van der Waals surface area contributed by atoms with Gasteiger partial charge in [0.2, 0.25) is 21.8 Å². The SMILES string of the molecule is Cc1ccc(N(CCCC(=O)N(Cc2ccccc2C)C(Cc2ccccc2)C(=O)NC2CCCCC2)S(C)(=O)=O)cc1. The zero-order valence-corrected chi connectivity index (χ0v) is 26.5. The zero-order chi connectivity index (χ0) is 30.8. The Bertz CT molecular complexity index is 1450. The molecule has 0 spiro atoms. The van der Waals surface area contributed by atoms with Gasteiger partial charge in [0.15, 0.2) is 0 Å². The Morgan fingerprint density at radius 2 is 1.53 bits per heavy atom. The van der Waals surface area contributed by atoms with E-state index in [-0.39, 0.29) is 30.8 Å². The van der Waals surface area contributed by atoms with Crippen LogP contribution >= 0.6 is 0 Å². The van der Waals surface area contributed by atoms with E-state index in [2.05, 4.69) is 5.32 Å². The Balaban J connectivity index is 1.59. The summed E-state index contributed by atoms with van der Waals surface area (Å²) in [6, 6.07) is 24.5. The van der Waals surface area contributed by atoms with Crippen LogP contribution in [-0.2, 0) is 32.6 Å². The number of amides is 2. The highest BCUT2D eigenvalue weighted by atomic mass is 32.2. The van der Waals surface area contributed by atoms with Crippen LogP contribution in [0.5, 0.6) is 0 Å². The average Bonchev–Trinajstić information content (AvgIpc) is 2.99. The third-order valence-corrected chi connectivity index (χ3v) is 9.49. The Morgan fingerprint density at radius 1 is 0.884 bits per heavy atom. The van der Waals surface area contributed by atoms with Crippen molar-refractivity contribution in [2.75, 3.05) is 17.1 Å². The average molecular weight is 604 g/mol. The second kappa shape index (κ2) is 15.2. The van der Waals surface area contributed by atoms with E-state index in [1.165, 1.54) is 17.0 Å². The second-order valence-corrected chi connectivity index (χ2v) is 13.7. The minimum absolute atomic E-state index is 0.117. The number of nitrogens with one attached hydrogen (secondary N) is 1. The van der Waals surface area contributed by atoms with Crippen LogP contribution in [0.25, 0.3) is 0 Å². The zero-order valence-electron chi connectivity index (χ0n) is 25.7. The van der Waals surface area contributed by atoms with Crippen molar-refractivity contribution in [3.8, 4) is 0 Å². The summed E-state index contributed by atoms with van der Waals surface area (Å²) in [5.74, 6) is -0.296. The number of hydrogen-bond acceptors (Lipinski definition) is 4. The number of nitrogens with zero attached hydrogens (tertiary/aromatic N) is 2. The monoisotopic (exact) mass is 603 g/mol. The van der Waals surface area contributed by atoms with Gasteiger partial charge in [-0.15, -0.1) is 0 Å². The standard InChI is InChI=1S/C35H45N3O4S/c1-27-20-22-32(23-21-27)38(43(3,41)42)24-12-19-34(39)37(26-30-16-11-10-13-28(30)2)33(25-29-14-6-4-7-15-29)35(40)36-31-17-8-5-9-18-31/h4,6-7,10-11,13-16,20-23,31,33H,5,8-9,12,17-19,24-26H2,1-3H3,(H,36,40). The van der Waals surface area contributed by atoms with E-state index in [1.807, 2.05) is 80.6 Å². The molecule has 43 heavy (non-hydrogen) atoms. The Hall–Kier alpha value is -3.65. The number of aryl methyl sites for hydroxylation is 2. The summed E-state index contributed by atoms with van der Waals surface area (Å²) in [5, 5.41) is 3.27. The lowest BCUT2D eigenvalue weighted by Crippen LogP contribution is -2.53. The lowest BCUT2D eigenvalue weighted by Gasteiger charge is -2.34. The maximum Gasteiger partial charge on any atom is 0.243 e. The van der Waals surface area contributed by atoms with Gasteiger partial charge in [0.25, 0.3) is 0 Å². The first-order valence-corrected chi connectivity index (χ1v) is 17.2. The van der Waals surface area contributed by atoms with E-state index in [0.717, 1.165) is 47.9 Å². The molecular weight excluding hydrogens is 558 g/mol. The molecule has 3 aromatic rings. The molecule has 1 N–H and O–H groups in total. The number of benzene rings is 3. The predicted molar refractivity (Wildman–Crippen MR) is 173 cm³/mol. The van der Waals surface area contributed by atoms with Crippen molar-refractivity contribution in [3.05, 3.63) is 101 Å². The fraction of sp³-hybridized carbons (Fsp3) is 0.429. The van der Waals surface area contributed by atoms with Crippen LogP contribution in [0, 0.1) is 13.8 Å². The van der Waals surface area contributed by atoms with E-state index in [1.54, 1.807) is 17.0 Å². The normalized spacial score (nSPS) is 14.6. The molecular formula is C35H45N3O4S. The molecule has 1 atom stereocenters. The molecule has 0 aliphatic heterocycles. The van der Waals surface area contributed by atoms with Crippen LogP contribution in [0.2, 0.25) is 0 Å². The highest BCUT2D eigenvalue weighted by Gasteiger charge is 2.32. The van der Waals surface area contributed by atoms with Crippen LogP contribution in [0.15, 0.2) is 78.9 Å². The first-order chi connectivity index (χ1) is 20.6. The molecule has 230 valence electrons. The number of rotatable bonds is 13. The van der Waals surface area contributed by atoms with Crippen molar-refractivity contribution in [1.29, 1.82) is 0 Å². The van der Waals surface area contributed by atoms with Crippen molar-refractivity contribution >= 4 is 27.5 Å². The van der Waals surface area contributed by atoms with Crippen LogP contribution < -0.4 is 9.62 Å². The van der Waals surface area contributed by atoms with E-state index in [0.29, 0.717) is 25.1 Å². The molecule has 1 fully saturated rings. The number of hydrogen-bond donors (Lipinski definition) is 1. The fourth-order valence-electron chi connectivity index (χ4n) is 5.78. The lowest BCUT2D eigenvalue weighted by molar-refractivity contribution is -0.141. The van der Waals surface area contributed by atoms with Gasteiger partial charge in [-0.1, -0.05) is 91.6 Å². The Labute approximate surface area is 257 Å². The molecule has 1 saturated carbocycles. The van der Waals surface area contributed by atoms with Crippen LogP contribution in [0.4, 0.5) is 5.69 Å². The van der Waals surface area contributed by atoms with Crippen molar-refractivity contribution in [3.63, 3.8) is 0 Å². The molecule has 7 nitrogen and oxygen atoms in total. The molecule has 1 aliphatic carbocycles. The van der Waals surface area contributed by atoms with E-state index in [9.17, 15) is 18.0 Å². The van der Waals surface area contributed by atoms with Gasteiger partial charge in [-0.3, -0.25) is 13.9 Å². The molecule has 0 heterocycles. The molecule has 1 unspecified atom stereocenters. The van der Waals surface area contributed by atoms with Crippen LogP contribution in [0.1, 0.15) is 67.2 Å². The van der Waals surface area contributed by atoms with Crippen molar-refractivity contribution in [2.24, 2.45) is 0 Å². The van der Waals surface area contributed by atoms with Crippen LogP contribution in [-0.4, -0.2) is 50.0 Å². The summed E-state index contributed by atoms with van der Waals surface area (Å²) in [6.07, 6.45) is 7.31. The quantitative estimate of drug-likeness (QED) is 0.262. The summed E-state index contributed by atoms with van der Waals surface area (Å²) in [5.41, 5.74) is 4.63. The Kier molecular flexibility index (Phi) is 11.4. The van der Waals surface area contributed by atoms with Crippen molar-refractivity contribution in [2.45, 2.75) is 83.8 Å². The predicted octanol–water partition coefficient (Wildman–Crippen LogP) is 5.94. The summed E-state index contributed by atoms with van der Waals surface area (Å²) in [6.45, 7) is 4.43. The molecule has 3 aromatic carbocycles. The molecule has 2 amide bonds. The molecule has 8 heteroatoms. The summed E-state index contributed by atoms with van der Waals surface area (Å²) in [7, 11) is -3.55. The first-order valence-electron chi connectivity index (χ1n) is 15.3. The van der Waals surface area contributed by atoms with Gasteiger partial charge in [-0.25, -0.2) is 8.42 Å². The number of carbonyl (C=O) groups is 2. The number of sulfonamides is 1. The third-order valence-electron chi connectivity index (χ3n) is 8.30. The van der Waals surface area contributed by atoms with E-state index >= 15 is 0 Å². The fourth-order valence-corrected chi connectivity index (χ4v) is 6.75. The first kappa shape index (κ1) is 32.3. The minimum Gasteiger partial charge on any atom is -0.352 e. The number of anilines is 1. The molecule has 0 radical (unpaired) electrons. The van der Waals surface area contributed by atoms with Crippen LogP contribution in [0.3, 0.4) is 0 Å². The van der Waals surface area contributed by atoms with Gasteiger partial charge in [0.05, 0.1) is 11.9 Å². The minimum atomic E-state index is -3.55. The van der Waals surface area contributed by atoms with Gasteiger partial charge in [0.1, 0.15) is 6.04 Å². The van der Waals surface area contributed by atoms with Crippen molar-refractivity contribution < 1.29 is 18.0 Å². The van der Waals surface area contributed by atoms with Gasteiger partial charge in [-0.05, 0) is 61.9 Å². The lowest BCUT2D eigenvalue weighted by atomic mass is 9.94. The Morgan fingerprint density at radius 3 is 2.19 bits per heavy atom. The van der Waals surface area contributed by atoms with Gasteiger partial charge in [0, 0.05) is 32.0 Å².